The van der Waals surface area contributed by atoms with Crippen molar-refractivity contribution in [3.8, 4) is 0 Å². The second-order valence-electron chi connectivity index (χ2n) is 6.09. The molecule has 0 aromatic carbocycles. The first-order chi connectivity index (χ1) is 10.6. The number of ether oxygens (including phenoxy) is 2. The number of esters is 2. The zero-order valence-corrected chi connectivity index (χ0v) is 15.2. The third kappa shape index (κ3) is 7.36. The molecule has 23 heavy (non-hydrogen) atoms. The molecule has 1 aromatic rings. The lowest BCUT2D eigenvalue weighted by Crippen LogP contribution is -2.27. The Kier molecular flexibility index (Phi) is 6.87. The van der Waals surface area contributed by atoms with Gasteiger partial charge in [-0.15, -0.1) is 0 Å². The molecule has 0 fully saturated rings. The van der Waals surface area contributed by atoms with Gasteiger partial charge in [-0.3, -0.25) is 14.4 Å². The number of hydrogen-bond acceptors (Lipinski definition) is 6. The Bertz CT molecular complexity index is 577. The van der Waals surface area contributed by atoms with Crippen LogP contribution >= 0.6 is 15.9 Å². The molecule has 0 bridgehead atoms. The van der Waals surface area contributed by atoms with Crippen molar-refractivity contribution in [2.45, 2.75) is 39.7 Å². The Labute approximate surface area is 143 Å². The van der Waals surface area contributed by atoms with Gasteiger partial charge in [-0.1, -0.05) is 6.92 Å². The normalized spacial score (nSPS) is 12.4. The SMILES string of the molecule is C[C@H](CC(=O)OC(C)(C)C)C(=O)OCC(=O)c1ccc(Br)nc1. The quantitative estimate of drug-likeness (QED) is 0.425. The number of nitrogens with zero attached hydrogens (tertiary/aromatic N) is 1. The molecule has 0 saturated heterocycles. The minimum Gasteiger partial charge on any atom is -0.460 e. The number of carbonyl (C=O) groups is 3. The molecule has 0 aliphatic rings. The van der Waals surface area contributed by atoms with Crippen molar-refractivity contribution in [2.24, 2.45) is 5.92 Å². The first kappa shape index (κ1) is 19.3. The van der Waals surface area contributed by atoms with Crippen LogP contribution < -0.4 is 0 Å². The topological polar surface area (TPSA) is 82.6 Å². The van der Waals surface area contributed by atoms with Crippen LogP contribution in [-0.4, -0.2) is 34.9 Å². The van der Waals surface area contributed by atoms with Gasteiger partial charge in [0, 0.05) is 11.8 Å². The van der Waals surface area contributed by atoms with Gasteiger partial charge in [0.15, 0.2) is 6.61 Å². The maximum absolute atomic E-state index is 11.9. The molecule has 0 aliphatic carbocycles. The molecular weight excluding hydrogens is 366 g/mol. The molecule has 0 saturated carbocycles. The summed E-state index contributed by atoms with van der Waals surface area (Å²) in [6.07, 6.45) is 1.30. The summed E-state index contributed by atoms with van der Waals surface area (Å²) < 4.78 is 10.7. The van der Waals surface area contributed by atoms with Gasteiger partial charge in [-0.05, 0) is 48.8 Å². The lowest BCUT2D eigenvalue weighted by Gasteiger charge is -2.20. The predicted molar refractivity (Wildman–Crippen MR) is 86.9 cm³/mol. The first-order valence-corrected chi connectivity index (χ1v) is 7.91. The van der Waals surface area contributed by atoms with Crippen LogP contribution in [0, 0.1) is 5.92 Å². The van der Waals surface area contributed by atoms with Crippen molar-refractivity contribution < 1.29 is 23.9 Å². The van der Waals surface area contributed by atoms with Crippen LogP contribution in [0.5, 0.6) is 0 Å². The fourth-order valence-electron chi connectivity index (χ4n) is 1.62. The molecule has 1 atom stereocenters. The van der Waals surface area contributed by atoms with Gasteiger partial charge in [0.1, 0.15) is 10.2 Å². The van der Waals surface area contributed by atoms with Gasteiger partial charge in [0.2, 0.25) is 5.78 Å². The van der Waals surface area contributed by atoms with Crippen molar-refractivity contribution in [2.75, 3.05) is 6.61 Å². The summed E-state index contributed by atoms with van der Waals surface area (Å²) in [4.78, 5) is 39.3. The third-order valence-electron chi connectivity index (χ3n) is 2.69. The maximum atomic E-state index is 11.9. The molecule has 126 valence electrons. The average molecular weight is 386 g/mol. The molecular formula is C16H20BrNO5. The average Bonchev–Trinajstić information content (AvgIpc) is 2.42. The van der Waals surface area contributed by atoms with E-state index in [4.69, 9.17) is 9.47 Å². The summed E-state index contributed by atoms with van der Waals surface area (Å²) in [5, 5.41) is 0. The van der Waals surface area contributed by atoms with Crippen LogP contribution in [0.2, 0.25) is 0 Å². The summed E-state index contributed by atoms with van der Waals surface area (Å²) in [5.41, 5.74) is -0.258. The number of carbonyl (C=O) groups excluding carboxylic acids is 3. The molecule has 0 unspecified atom stereocenters. The van der Waals surface area contributed by atoms with E-state index >= 15 is 0 Å². The largest absolute Gasteiger partial charge is 0.460 e. The summed E-state index contributed by atoms with van der Waals surface area (Å²) in [6, 6.07) is 3.21. The van der Waals surface area contributed by atoms with Gasteiger partial charge >= 0.3 is 11.9 Å². The predicted octanol–water partition coefficient (Wildman–Crippen LogP) is 2.94. The van der Waals surface area contributed by atoms with E-state index in [2.05, 4.69) is 20.9 Å². The van der Waals surface area contributed by atoms with Gasteiger partial charge < -0.3 is 9.47 Å². The number of pyridine rings is 1. The lowest BCUT2D eigenvalue weighted by molar-refractivity contribution is -0.160. The van der Waals surface area contributed by atoms with Gasteiger partial charge in [-0.25, -0.2) is 4.98 Å². The fourth-order valence-corrected chi connectivity index (χ4v) is 1.85. The Morgan fingerprint density at radius 1 is 1.26 bits per heavy atom. The minimum atomic E-state index is -0.680. The van der Waals surface area contributed by atoms with Crippen molar-refractivity contribution >= 4 is 33.7 Å². The van der Waals surface area contributed by atoms with Crippen molar-refractivity contribution in [1.29, 1.82) is 0 Å². The molecule has 0 radical (unpaired) electrons. The maximum Gasteiger partial charge on any atom is 0.309 e. The standard InChI is InChI=1S/C16H20BrNO5/c1-10(7-14(20)23-16(2,3)4)15(21)22-9-12(19)11-5-6-13(17)18-8-11/h5-6,8,10H,7,9H2,1-4H3/t10-/m1/s1. The van der Waals surface area contributed by atoms with Gasteiger partial charge in [-0.2, -0.15) is 0 Å². The Morgan fingerprint density at radius 3 is 2.43 bits per heavy atom. The number of hydrogen-bond donors (Lipinski definition) is 0. The summed E-state index contributed by atoms with van der Waals surface area (Å²) in [5.74, 6) is -2.14. The molecule has 0 aliphatic heterocycles. The number of Topliss-reactive ketones (excluding diaryl/α,β-unsaturated/α-hetero) is 1. The highest BCUT2D eigenvalue weighted by molar-refractivity contribution is 9.10. The molecule has 1 heterocycles. The highest BCUT2D eigenvalue weighted by atomic mass is 79.9. The number of rotatable bonds is 6. The van der Waals surface area contributed by atoms with E-state index in [0.29, 0.717) is 10.2 Å². The second kappa shape index (κ2) is 8.19. The Hall–Kier alpha value is -1.76. The van der Waals surface area contributed by atoms with E-state index in [0.717, 1.165) is 0 Å². The van der Waals surface area contributed by atoms with E-state index in [-0.39, 0.29) is 18.8 Å². The fraction of sp³-hybridized carbons (Fsp3) is 0.500. The molecule has 1 aromatic heterocycles. The zero-order valence-electron chi connectivity index (χ0n) is 13.6. The van der Waals surface area contributed by atoms with E-state index in [1.54, 1.807) is 39.8 Å². The smallest absolute Gasteiger partial charge is 0.309 e. The Morgan fingerprint density at radius 2 is 1.91 bits per heavy atom. The number of aromatic nitrogens is 1. The van der Waals surface area contributed by atoms with Crippen LogP contribution in [0.1, 0.15) is 44.5 Å². The number of ketones is 1. The van der Waals surface area contributed by atoms with Gasteiger partial charge in [0.25, 0.3) is 0 Å². The van der Waals surface area contributed by atoms with Crippen molar-refractivity contribution in [3.05, 3.63) is 28.5 Å². The highest BCUT2D eigenvalue weighted by Crippen LogP contribution is 2.13. The zero-order chi connectivity index (χ0) is 17.6. The van der Waals surface area contributed by atoms with Crippen LogP contribution in [0.4, 0.5) is 0 Å². The molecule has 1 rings (SSSR count). The van der Waals surface area contributed by atoms with Crippen LogP contribution in [0.3, 0.4) is 0 Å². The van der Waals surface area contributed by atoms with E-state index in [9.17, 15) is 14.4 Å². The summed E-state index contributed by atoms with van der Waals surface area (Å²) in [6.45, 7) is 6.41. The van der Waals surface area contributed by atoms with E-state index in [1.165, 1.54) is 6.20 Å². The van der Waals surface area contributed by atoms with Crippen molar-refractivity contribution in [3.63, 3.8) is 0 Å². The Balaban J connectivity index is 2.45. The second-order valence-corrected chi connectivity index (χ2v) is 6.90. The lowest BCUT2D eigenvalue weighted by atomic mass is 10.1. The summed E-state index contributed by atoms with van der Waals surface area (Å²) in [7, 11) is 0. The van der Waals surface area contributed by atoms with Gasteiger partial charge in [0.05, 0.1) is 12.3 Å². The monoisotopic (exact) mass is 385 g/mol. The molecule has 7 heteroatoms. The highest BCUT2D eigenvalue weighted by Gasteiger charge is 2.23. The minimum absolute atomic E-state index is 0.0931. The molecule has 6 nitrogen and oxygen atoms in total. The van der Waals surface area contributed by atoms with E-state index < -0.39 is 23.5 Å². The van der Waals surface area contributed by atoms with E-state index in [1.807, 2.05) is 0 Å². The van der Waals surface area contributed by atoms with Crippen LogP contribution in [0.25, 0.3) is 0 Å². The van der Waals surface area contributed by atoms with Crippen molar-refractivity contribution in [1.82, 2.24) is 4.98 Å². The molecule has 0 N–H and O–H groups in total. The number of halogens is 1. The summed E-state index contributed by atoms with van der Waals surface area (Å²) >= 11 is 3.17. The third-order valence-corrected chi connectivity index (χ3v) is 3.16. The first-order valence-electron chi connectivity index (χ1n) is 7.11. The van der Waals surface area contributed by atoms with Crippen LogP contribution in [-0.2, 0) is 19.1 Å². The van der Waals surface area contributed by atoms with Crippen LogP contribution in [0.15, 0.2) is 22.9 Å². The molecule has 0 amide bonds. The molecule has 0 spiro atoms.